The molecule has 7 heteroatoms. The van der Waals surface area contributed by atoms with Crippen LogP contribution in [-0.2, 0) is 0 Å². The largest absolute Gasteiger partial charge is 0.474 e. The third-order valence-electron chi connectivity index (χ3n) is 4.28. The van der Waals surface area contributed by atoms with Crippen molar-refractivity contribution in [3.8, 4) is 5.88 Å². The van der Waals surface area contributed by atoms with Crippen molar-refractivity contribution in [1.82, 2.24) is 19.7 Å². The standard InChI is InChI=1S/C17H19N5O2/c23-7-8-24-17-11-18-10-16(20-17)21-6-5-14(12-21)22-15-4-2-1-3-13(15)9-19-22/h1-4,9-11,14,23H,5-8,12H2. The van der Waals surface area contributed by atoms with Crippen LogP contribution < -0.4 is 9.64 Å². The summed E-state index contributed by atoms with van der Waals surface area (Å²) < 4.78 is 7.45. The van der Waals surface area contributed by atoms with E-state index in [0.29, 0.717) is 11.9 Å². The Kier molecular flexibility index (Phi) is 4.00. The smallest absolute Gasteiger partial charge is 0.234 e. The zero-order valence-corrected chi connectivity index (χ0v) is 13.2. The Morgan fingerprint density at radius 1 is 1.21 bits per heavy atom. The molecule has 1 unspecified atom stereocenters. The number of rotatable bonds is 5. The fraction of sp³-hybridized carbons (Fsp3) is 0.353. The lowest BCUT2D eigenvalue weighted by atomic mass is 10.2. The van der Waals surface area contributed by atoms with Crippen molar-refractivity contribution in [3.63, 3.8) is 0 Å². The first kappa shape index (κ1) is 14.9. The molecule has 2 aromatic heterocycles. The number of aromatic nitrogens is 4. The lowest BCUT2D eigenvalue weighted by Crippen LogP contribution is -2.22. The van der Waals surface area contributed by atoms with E-state index in [0.717, 1.165) is 36.2 Å². The van der Waals surface area contributed by atoms with Gasteiger partial charge < -0.3 is 14.7 Å². The Morgan fingerprint density at radius 3 is 3.04 bits per heavy atom. The van der Waals surface area contributed by atoms with Gasteiger partial charge in [-0.2, -0.15) is 10.1 Å². The fourth-order valence-electron chi connectivity index (χ4n) is 3.14. The normalized spacial score (nSPS) is 17.5. The minimum atomic E-state index is -0.0376. The summed E-state index contributed by atoms with van der Waals surface area (Å²) in [6.07, 6.45) is 6.24. The summed E-state index contributed by atoms with van der Waals surface area (Å²) in [5.41, 5.74) is 1.16. The van der Waals surface area contributed by atoms with Crippen LogP contribution in [0.5, 0.6) is 5.88 Å². The Labute approximate surface area is 139 Å². The SMILES string of the molecule is OCCOc1cncc(N2CCC(n3ncc4ccccc43)C2)n1. The Hall–Kier alpha value is -2.67. The van der Waals surface area contributed by atoms with Crippen LogP contribution >= 0.6 is 0 Å². The van der Waals surface area contributed by atoms with Gasteiger partial charge in [-0.3, -0.25) is 9.67 Å². The number of benzene rings is 1. The molecule has 1 aliphatic heterocycles. The molecule has 0 spiro atoms. The van der Waals surface area contributed by atoms with Crippen LogP contribution in [0.2, 0.25) is 0 Å². The summed E-state index contributed by atoms with van der Waals surface area (Å²) >= 11 is 0. The third-order valence-corrected chi connectivity index (χ3v) is 4.28. The first-order valence-corrected chi connectivity index (χ1v) is 8.08. The van der Waals surface area contributed by atoms with E-state index in [1.807, 2.05) is 18.3 Å². The predicted octanol–water partition coefficient (Wildman–Crippen LogP) is 1.65. The Morgan fingerprint density at radius 2 is 2.12 bits per heavy atom. The molecule has 7 nitrogen and oxygen atoms in total. The van der Waals surface area contributed by atoms with Crippen molar-refractivity contribution in [2.45, 2.75) is 12.5 Å². The molecule has 1 aliphatic rings. The van der Waals surface area contributed by atoms with Crippen LogP contribution in [0.3, 0.4) is 0 Å². The fourth-order valence-corrected chi connectivity index (χ4v) is 3.14. The number of fused-ring (bicyclic) bond motifs is 1. The second-order valence-electron chi connectivity index (χ2n) is 5.82. The van der Waals surface area contributed by atoms with Crippen LogP contribution in [0.15, 0.2) is 42.9 Å². The second-order valence-corrected chi connectivity index (χ2v) is 5.82. The molecule has 24 heavy (non-hydrogen) atoms. The maximum atomic E-state index is 8.84. The summed E-state index contributed by atoms with van der Waals surface area (Å²) in [5, 5.41) is 14.6. The number of hydrogen-bond acceptors (Lipinski definition) is 6. The highest BCUT2D eigenvalue weighted by Crippen LogP contribution is 2.28. The molecule has 1 atom stereocenters. The molecule has 3 heterocycles. The van der Waals surface area contributed by atoms with Crippen LogP contribution in [-0.4, -0.2) is 51.2 Å². The van der Waals surface area contributed by atoms with E-state index in [1.165, 1.54) is 0 Å². The van der Waals surface area contributed by atoms with Gasteiger partial charge in [0.05, 0.1) is 36.8 Å². The molecule has 1 N–H and O–H groups in total. The highest BCUT2D eigenvalue weighted by molar-refractivity contribution is 5.78. The number of aliphatic hydroxyl groups is 1. The Balaban J connectivity index is 1.52. The van der Waals surface area contributed by atoms with Crippen molar-refractivity contribution in [2.75, 3.05) is 31.2 Å². The van der Waals surface area contributed by atoms with Gasteiger partial charge in [0.1, 0.15) is 6.61 Å². The zero-order valence-electron chi connectivity index (χ0n) is 13.2. The summed E-state index contributed by atoms with van der Waals surface area (Å²) in [5.74, 6) is 1.24. The Bertz CT molecular complexity index is 834. The number of anilines is 1. The number of aliphatic hydroxyl groups excluding tert-OH is 1. The molecule has 0 saturated carbocycles. The second kappa shape index (κ2) is 6.45. The van der Waals surface area contributed by atoms with Gasteiger partial charge in [-0.1, -0.05) is 18.2 Å². The minimum Gasteiger partial charge on any atom is -0.474 e. The van der Waals surface area contributed by atoms with Crippen molar-refractivity contribution < 1.29 is 9.84 Å². The average Bonchev–Trinajstić information content (AvgIpc) is 3.27. The van der Waals surface area contributed by atoms with E-state index >= 15 is 0 Å². The molecule has 4 rings (SSSR count). The van der Waals surface area contributed by atoms with E-state index in [2.05, 4.69) is 36.8 Å². The molecule has 0 bridgehead atoms. The van der Waals surface area contributed by atoms with Crippen LogP contribution in [0.4, 0.5) is 5.82 Å². The molecule has 124 valence electrons. The van der Waals surface area contributed by atoms with Crippen LogP contribution in [0.1, 0.15) is 12.5 Å². The lowest BCUT2D eigenvalue weighted by molar-refractivity contribution is 0.196. The predicted molar refractivity (Wildman–Crippen MR) is 90.2 cm³/mol. The number of hydrogen-bond donors (Lipinski definition) is 1. The molecule has 1 aromatic carbocycles. The van der Waals surface area contributed by atoms with E-state index in [1.54, 1.807) is 12.4 Å². The van der Waals surface area contributed by atoms with Gasteiger partial charge in [-0.05, 0) is 12.5 Å². The van der Waals surface area contributed by atoms with Gasteiger partial charge in [-0.15, -0.1) is 0 Å². The molecule has 1 saturated heterocycles. The summed E-state index contributed by atoms with van der Waals surface area (Å²) in [4.78, 5) is 10.9. The van der Waals surface area contributed by atoms with Gasteiger partial charge in [0.2, 0.25) is 5.88 Å². The van der Waals surface area contributed by atoms with Gasteiger partial charge in [-0.25, -0.2) is 0 Å². The third kappa shape index (κ3) is 2.78. The summed E-state index contributed by atoms with van der Waals surface area (Å²) in [6, 6.07) is 8.57. The monoisotopic (exact) mass is 325 g/mol. The topological polar surface area (TPSA) is 76.3 Å². The average molecular weight is 325 g/mol. The van der Waals surface area contributed by atoms with Gasteiger partial charge in [0.25, 0.3) is 0 Å². The van der Waals surface area contributed by atoms with Crippen molar-refractivity contribution in [2.24, 2.45) is 0 Å². The van der Waals surface area contributed by atoms with Gasteiger partial charge >= 0.3 is 0 Å². The highest BCUT2D eigenvalue weighted by Gasteiger charge is 2.26. The highest BCUT2D eigenvalue weighted by atomic mass is 16.5. The van der Waals surface area contributed by atoms with Gasteiger partial charge in [0.15, 0.2) is 5.82 Å². The molecule has 0 aliphatic carbocycles. The molecule has 1 fully saturated rings. The van der Waals surface area contributed by atoms with Crippen molar-refractivity contribution in [1.29, 1.82) is 0 Å². The first-order valence-electron chi connectivity index (χ1n) is 8.08. The number of ether oxygens (including phenoxy) is 1. The number of para-hydroxylation sites is 1. The molecule has 3 aromatic rings. The molecule has 0 amide bonds. The van der Waals surface area contributed by atoms with Crippen LogP contribution in [0.25, 0.3) is 10.9 Å². The van der Waals surface area contributed by atoms with Crippen molar-refractivity contribution in [3.05, 3.63) is 42.9 Å². The molecular formula is C17H19N5O2. The van der Waals surface area contributed by atoms with Crippen LogP contribution in [0, 0.1) is 0 Å². The molecule has 0 radical (unpaired) electrons. The van der Waals surface area contributed by atoms with E-state index in [4.69, 9.17) is 9.84 Å². The summed E-state index contributed by atoms with van der Waals surface area (Å²) in [6.45, 7) is 1.92. The maximum Gasteiger partial charge on any atom is 0.234 e. The minimum absolute atomic E-state index is 0.0376. The maximum absolute atomic E-state index is 8.84. The summed E-state index contributed by atoms with van der Waals surface area (Å²) in [7, 11) is 0. The quantitative estimate of drug-likeness (QED) is 0.769. The first-order chi connectivity index (χ1) is 11.8. The van der Waals surface area contributed by atoms with Crippen molar-refractivity contribution >= 4 is 16.7 Å². The van der Waals surface area contributed by atoms with E-state index in [9.17, 15) is 0 Å². The van der Waals surface area contributed by atoms with E-state index in [-0.39, 0.29) is 13.2 Å². The molecular weight excluding hydrogens is 306 g/mol. The lowest BCUT2D eigenvalue weighted by Gasteiger charge is -2.18. The zero-order chi connectivity index (χ0) is 16.4. The van der Waals surface area contributed by atoms with Gasteiger partial charge in [0, 0.05) is 18.5 Å². The number of nitrogens with zero attached hydrogens (tertiary/aromatic N) is 5. The van der Waals surface area contributed by atoms with E-state index < -0.39 is 0 Å².